The van der Waals surface area contributed by atoms with Gasteiger partial charge in [0.2, 0.25) is 0 Å². The third-order valence-electron chi connectivity index (χ3n) is 2.20. The minimum Gasteiger partial charge on any atom is -0.444 e. The highest BCUT2D eigenvalue weighted by Crippen LogP contribution is 2.12. The smallest absolute Gasteiger partial charge is 0.408 e. The van der Waals surface area contributed by atoms with Crippen molar-refractivity contribution in [2.24, 2.45) is 0 Å². The van der Waals surface area contributed by atoms with Crippen molar-refractivity contribution in [3.05, 3.63) is 40.4 Å². The van der Waals surface area contributed by atoms with E-state index in [4.69, 9.17) is 4.74 Å². The summed E-state index contributed by atoms with van der Waals surface area (Å²) in [7, 11) is 0. The second-order valence-electron chi connectivity index (χ2n) is 5.22. The van der Waals surface area contributed by atoms with Gasteiger partial charge in [0.05, 0.1) is 0 Å². The lowest BCUT2D eigenvalue weighted by molar-refractivity contribution is -0.108. The SMILES string of the molecule is CC(C)(C)OC(=O)N[C@H](C=O)/C=C/c1ccc(Br)cc1. The van der Waals surface area contributed by atoms with Crippen LogP contribution in [0.15, 0.2) is 34.8 Å². The highest BCUT2D eigenvalue weighted by molar-refractivity contribution is 9.10. The second kappa shape index (κ2) is 7.24. The Bertz CT molecular complexity index is 489. The Morgan fingerprint density at radius 2 is 1.90 bits per heavy atom. The zero-order chi connectivity index (χ0) is 15.2. The molecule has 0 spiro atoms. The summed E-state index contributed by atoms with van der Waals surface area (Å²) in [5, 5.41) is 2.48. The number of amides is 1. The van der Waals surface area contributed by atoms with E-state index in [0.717, 1.165) is 10.0 Å². The molecule has 1 rings (SSSR count). The van der Waals surface area contributed by atoms with Crippen LogP contribution in [0.1, 0.15) is 26.3 Å². The predicted molar refractivity (Wildman–Crippen MR) is 82.4 cm³/mol. The predicted octanol–water partition coefficient (Wildman–Crippen LogP) is 3.55. The van der Waals surface area contributed by atoms with E-state index in [2.05, 4.69) is 21.2 Å². The molecule has 0 aliphatic heterocycles. The molecule has 0 aliphatic rings. The first-order chi connectivity index (χ1) is 9.30. The zero-order valence-electron chi connectivity index (χ0n) is 11.7. The maximum absolute atomic E-state index is 11.6. The summed E-state index contributed by atoms with van der Waals surface area (Å²) in [4.78, 5) is 22.5. The molecule has 1 N–H and O–H groups in total. The number of benzene rings is 1. The molecule has 0 radical (unpaired) electrons. The lowest BCUT2D eigenvalue weighted by Gasteiger charge is -2.20. The van der Waals surface area contributed by atoms with Crippen LogP contribution in [-0.4, -0.2) is 24.0 Å². The van der Waals surface area contributed by atoms with Crippen LogP contribution in [0.5, 0.6) is 0 Å². The third kappa shape index (κ3) is 6.52. The van der Waals surface area contributed by atoms with Gasteiger partial charge in [-0.3, -0.25) is 0 Å². The van der Waals surface area contributed by atoms with Gasteiger partial charge in [-0.2, -0.15) is 0 Å². The van der Waals surface area contributed by atoms with Gasteiger partial charge in [0.25, 0.3) is 0 Å². The summed E-state index contributed by atoms with van der Waals surface area (Å²) in [6.45, 7) is 5.29. The number of halogens is 1. The molecule has 0 unspecified atom stereocenters. The number of hydrogen-bond donors (Lipinski definition) is 1. The second-order valence-corrected chi connectivity index (χ2v) is 6.13. The van der Waals surface area contributed by atoms with E-state index < -0.39 is 17.7 Å². The van der Waals surface area contributed by atoms with E-state index >= 15 is 0 Å². The molecule has 5 heteroatoms. The van der Waals surface area contributed by atoms with Gasteiger partial charge in [-0.1, -0.05) is 40.2 Å². The van der Waals surface area contributed by atoms with Gasteiger partial charge in [-0.25, -0.2) is 4.79 Å². The molecule has 20 heavy (non-hydrogen) atoms. The van der Waals surface area contributed by atoms with Gasteiger partial charge >= 0.3 is 6.09 Å². The molecule has 0 bridgehead atoms. The fourth-order valence-electron chi connectivity index (χ4n) is 1.36. The number of carbonyl (C=O) groups is 2. The summed E-state index contributed by atoms with van der Waals surface area (Å²) in [5.41, 5.74) is 0.346. The minimum atomic E-state index is -0.714. The standard InChI is InChI=1S/C15H18BrNO3/c1-15(2,3)20-14(19)17-13(10-18)9-6-11-4-7-12(16)8-5-11/h4-10,13H,1-3H3,(H,17,19)/b9-6+/t13-/m0/s1. The summed E-state index contributed by atoms with van der Waals surface area (Å²) < 4.78 is 6.07. The van der Waals surface area contributed by atoms with Crippen molar-refractivity contribution in [3.8, 4) is 0 Å². The highest BCUT2D eigenvalue weighted by atomic mass is 79.9. The maximum atomic E-state index is 11.6. The maximum Gasteiger partial charge on any atom is 0.408 e. The van der Waals surface area contributed by atoms with Crippen LogP contribution in [0.25, 0.3) is 6.08 Å². The Labute approximate surface area is 127 Å². The third-order valence-corrected chi connectivity index (χ3v) is 2.72. The first-order valence-corrected chi connectivity index (χ1v) is 6.98. The van der Waals surface area contributed by atoms with Gasteiger partial charge in [0.1, 0.15) is 17.9 Å². The van der Waals surface area contributed by atoms with Gasteiger partial charge in [0.15, 0.2) is 0 Å². The van der Waals surface area contributed by atoms with Crippen LogP contribution < -0.4 is 5.32 Å². The molecule has 0 aliphatic carbocycles. The van der Waals surface area contributed by atoms with Crippen molar-refractivity contribution >= 4 is 34.4 Å². The number of alkyl carbamates (subject to hydrolysis) is 1. The van der Waals surface area contributed by atoms with Gasteiger partial charge in [0, 0.05) is 4.47 Å². The zero-order valence-corrected chi connectivity index (χ0v) is 13.3. The highest BCUT2D eigenvalue weighted by Gasteiger charge is 2.17. The van der Waals surface area contributed by atoms with E-state index in [9.17, 15) is 9.59 Å². The lowest BCUT2D eigenvalue weighted by atomic mass is 10.2. The molecule has 1 amide bonds. The molecule has 108 valence electrons. The largest absolute Gasteiger partial charge is 0.444 e. The quantitative estimate of drug-likeness (QED) is 0.853. The first-order valence-electron chi connectivity index (χ1n) is 6.19. The van der Waals surface area contributed by atoms with Gasteiger partial charge < -0.3 is 14.8 Å². The molecule has 1 atom stereocenters. The average molecular weight is 340 g/mol. The fraction of sp³-hybridized carbons (Fsp3) is 0.333. The number of nitrogens with one attached hydrogen (secondary N) is 1. The van der Waals surface area contributed by atoms with Gasteiger partial charge in [-0.15, -0.1) is 0 Å². The lowest BCUT2D eigenvalue weighted by Crippen LogP contribution is -2.38. The molecule has 0 saturated carbocycles. The average Bonchev–Trinajstić information content (AvgIpc) is 2.34. The van der Waals surface area contributed by atoms with Crippen LogP contribution in [0, 0.1) is 0 Å². The number of hydrogen-bond acceptors (Lipinski definition) is 3. The summed E-state index contributed by atoms with van der Waals surface area (Å²) >= 11 is 3.35. The first kappa shape index (κ1) is 16.4. The van der Waals surface area contributed by atoms with E-state index in [0.29, 0.717) is 6.29 Å². The van der Waals surface area contributed by atoms with Crippen LogP contribution in [0.4, 0.5) is 4.79 Å². The van der Waals surface area contributed by atoms with Crippen molar-refractivity contribution < 1.29 is 14.3 Å². The van der Waals surface area contributed by atoms with Crippen molar-refractivity contribution in [1.29, 1.82) is 0 Å². The molecule has 0 saturated heterocycles. The number of ether oxygens (including phenoxy) is 1. The van der Waals surface area contributed by atoms with Crippen molar-refractivity contribution in [3.63, 3.8) is 0 Å². The molecule has 4 nitrogen and oxygen atoms in total. The monoisotopic (exact) mass is 339 g/mol. The van der Waals surface area contributed by atoms with E-state index in [1.807, 2.05) is 24.3 Å². The molecular formula is C15H18BrNO3. The van der Waals surface area contributed by atoms with Crippen molar-refractivity contribution in [2.75, 3.05) is 0 Å². The summed E-state index contributed by atoms with van der Waals surface area (Å²) in [5.74, 6) is 0. The Balaban J connectivity index is 2.61. The molecule has 1 aromatic rings. The van der Waals surface area contributed by atoms with Crippen LogP contribution in [0.3, 0.4) is 0 Å². The Hall–Kier alpha value is -1.62. The Morgan fingerprint density at radius 1 is 1.30 bits per heavy atom. The minimum absolute atomic E-state index is 0.590. The molecule has 0 aromatic heterocycles. The Morgan fingerprint density at radius 3 is 2.40 bits per heavy atom. The van der Waals surface area contributed by atoms with Gasteiger partial charge in [-0.05, 0) is 38.5 Å². The molecule has 1 aromatic carbocycles. The fourth-order valence-corrected chi connectivity index (χ4v) is 1.62. The Kier molecular flexibility index (Phi) is 5.95. The molecule has 0 heterocycles. The number of aldehydes is 1. The van der Waals surface area contributed by atoms with E-state index in [1.54, 1.807) is 32.9 Å². The van der Waals surface area contributed by atoms with Crippen molar-refractivity contribution in [1.82, 2.24) is 5.32 Å². The normalized spacial score (nSPS) is 13.0. The van der Waals surface area contributed by atoms with Crippen LogP contribution >= 0.6 is 15.9 Å². The van der Waals surface area contributed by atoms with Crippen molar-refractivity contribution in [2.45, 2.75) is 32.4 Å². The van der Waals surface area contributed by atoms with E-state index in [-0.39, 0.29) is 0 Å². The van der Waals surface area contributed by atoms with E-state index in [1.165, 1.54) is 0 Å². The topological polar surface area (TPSA) is 55.4 Å². The summed E-state index contributed by atoms with van der Waals surface area (Å²) in [6.07, 6.45) is 3.41. The van der Waals surface area contributed by atoms with Crippen LogP contribution in [-0.2, 0) is 9.53 Å². The summed E-state index contributed by atoms with van der Waals surface area (Å²) in [6, 6.07) is 6.88. The number of carbonyl (C=O) groups excluding carboxylic acids is 2. The molecular weight excluding hydrogens is 322 g/mol. The molecule has 0 fully saturated rings. The van der Waals surface area contributed by atoms with Crippen LogP contribution in [0.2, 0.25) is 0 Å². The number of rotatable bonds is 4.